The van der Waals surface area contributed by atoms with Crippen LogP contribution in [0.5, 0.6) is 0 Å². The van der Waals surface area contributed by atoms with E-state index in [-0.39, 0.29) is 6.10 Å². The van der Waals surface area contributed by atoms with E-state index in [2.05, 4.69) is 61.6 Å². The Morgan fingerprint density at radius 1 is 1.15 bits per heavy atom. The van der Waals surface area contributed by atoms with Crippen molar-refractivity contribution in [3.05, 3.63) is 48.0 Å². The summed E-state index contributed by atoms with van der Waals surface area (Å²) in [7, 11) is 0. The number of fused-ring (bicyclic) bond motifs is 1. The van der Waals surface area contributed by atoms with Gasteiger partial charge in [-0.3, -0.25) is 0 Å². The molecule has 2 unspecified atom stereocenters. The van der Waals surface area contributed by atoms with Gasteiger partial charge in [0.15, 0.2) is 0 Å². The van der Waals surface area contributed by atoms with Crippen LogP contribution in [-0.2, 0) is 4.74 Å². The monoisotopic (exact) mass is 269 g/mol. The van der Waals surface area contributed by atoms with E-state index in [0.717, 1.165) is 13.2 Å². The number of benzene rings is 2. The Labute approximate surface area is 121 Å². The maximum Gasteiger partial charge on any atom is 0.0950 e. The summed E-state index contributed by atoms with van der Waals surface area (Å²) in [5, 5.41) is 6.20. The smallest absolute Gasteiger partial charge is 0.0950 e. The SMILES string of the molecule is CC(C)CC1COC(c2ccc3ccccc3c2)CN1. The van der Waals surface area contributed by atoms with Crippen molar-refractivity contribution in [2.75, 3.05) is 13.2 Å². The van der Waals surface area contributed by atoms with Crippen LogP contribution in [0.1, 0.15) is 31.9 Å². The van der Waals surface area contributed by atoms with Crippen LogP contribution in [0.25, 0.3) is 10.8 Å². The Bertz CT molecular complexity index is 570. The van der Waals surface area contributed by atoms with Gasteiger partial charge in [0.25, 0.3) is 0 Å². The molecule has 2 nitrogen and oxygen atoms in total. The van der Waals surface area contributed by atoms with Crippen LogP contribution < -0.4 is 5.32 Å². The molecule has 2 atom stereocenters. The third-order valence-corrected chi connectivity index (χ3v) is 3.99. The minimum atomic E-state index is 0.183. The van der Waals surface area contributed by atoms with E-state index in [1.54, 1.807) is 0 Å². The number of ether oxygens (including phenoxy) is 1. The summed E-state index contributed by atoms with van der Waals surface area (Å²) in [4.78, 5) is 0. The lowest BCUT2D eigenvalue weighted by atomic mass is 10.00. The van der Waals surface area contributed by atoms with Crippen molar-refractivity contribution in [3.63, 3.8) is 0 Å². The van der Waals surface area contributed by atoms with Crippen LogP contribution in [0.3, 0.4) is 0 Å². The van der Waals surface area contributed by atoms with Gasteiger partial charge in [0, 0.05) is 12.6 Å². The summed E-state index contributed by atoms with van der Waals surface area (Å²) in [6, 6.07) is 15.6. The maximum absolute atomic E-state index is 6.06. The summed E-state index contributed by atoms with van der Waals surface area (Å²) >= 11 is 0. The first kappa shape index (κ1) is 13.6. The normalized spacial score (nSPS) is 23.4. The van der Waals surface area contributed by atoms with Crippen LogP contribution in [0.15, 0.2) is 42.5 Å². The van der Waals surface area contributed by atoms with Gasteiger partial charge in [-0.05, 0) is 34.7 Å². The van der Waals surface area contributed by atoms with Crippen molar-refractivity contribution < 1.29 is 4.74 Å². The zero-order valence-electron chi connectivity index (χ0n) is 12.3. The van der Waals surface area contributed by atoms with Crippen molar-refractivity contribution in [2.24, 2.45) is 5.92 Å². The molecule has 0 aliphatic carbocycles. The fraction of sp³-hybridized carbons (Fsp3) is 0.444. The van der Waals surface area contributed by atoms with Gasteiger partial charge in [-0.15, -0.1) is 0 Å². The largest absolute Gasteiger partial charge is 0.371 e. The Kier molecular flexibility index (Phi) is 4.04. The summed E-state index contributed by atoms with van der Waals surface area (Å²) < 4.78 is 6.06. The summed E-state index contributed by atoms with van der Waals surface area (Å²) in [6.45, 7) is 6.25. The molecule has 3 rings (SSSR count). The van der Waals surface area contributed by atoms with E-state index in [9.17, 15) is 0 Å². The quantitative estimate of drug-likeness (QED) is 0.912. The van der Waals surface area contributed by atoms with Crippen molar-refractivity contribution in [2.45, 2.75) is 32.4 Å². The van der Waals surface area contributed by atoms with Gasteiger partial charge in [-0.1, -0.05) is 50.2 Å². The molecule has 1 aliphatic rings. The van der Waals surface area contributed by atoms with Crippen LogP contribution in [-0.4, -0.2) is 19.2 Å². The predicted octanol–water partition coefficient (Wildman–Crippen LogP) is 3.92. The molecular formula is C18H23NO. The van der Waals surface area contributed by atoms with E-state index in [1.807, 2.05) is 0 Å². The Morgan fingerprint density at radius 3 is 2.65 bits per heavy atom. The molecule has 20 heavy (non-hydrogen) atoms. The van der Waals surface area contributed by atoms with E-state index < -0.39 is 0 Å². The van der Waals surface area contributed by atoms with Crippen LogP contribution in [0.2, 0.25) is 0 Å². The highest BCUT2D eigenvalue weighted by molar-refractivity contribution is 5.83. The summed E-state index contributed by atoms with van der Waals surface area (Å²) in [6.07, 6.45) is 1.37. The number of rotatable bonds is 3. The summed E-state index contributed by atoms with van der Waals surface area (Å²) in [5.74, 6) is 0.716. The van der Waals surface area contributed by atoms with Crippen molar-refractivity contribution in [1.29, 1.82) is 0 Å². The third kappa shape index (κ3) is 3.02. The van der Waals surface area contributed by atoms with Gasteiger partial charge in [0.05, 0.1) is 12.7 Å². The van der Waals surface area contributed by atoms with Gasteiger partial charge in [-0.25, -0.2) is 0 Å². The van der Waals surface area contributed by atoms with Gasteiger partial charge < -0.3 is 10.1 Å². The lowest BCUT2D eigenvalue weighted by Crippen LogP contribution is -2.43. The molecule has 1 fully saturated rings. The molecular weight excluding hydrogens is 246 g/mol. The fourth-order valence-electron chi connectivity index (χ4n) is 2.97. The van der Waals surface area contributed by atoms with Crippen molar-refractivity contribution in [1.82, 2.24) is 5.32 Å². The maximum atomic E-state index is 6.06. The zero-order chi connectivity index (χ0) is 13.9. The second-order valence-electron chi connectivity index (χ2n) is 6.16. The van der Waals surface area contributed by atoms with E-state index in [1.165, 1.54) is 22.8 Å². The van der Waals surface area contributed by atoms with E-state index >= 15 is 0 Å². The second-order valence-corrected chi connectivity index (χ2v) is 6.16. The van der Waals surface area contributed by atoms with Crippen LogP contribution in [0, 0.1) is 5.92 Å². The average Bonchev–Trinajstić information content (AvgIpc) is 2.47. The number of morpholine rings is 1. The van der Waals surface area contributed by atoms with Crippen molar-refractivity contribution >= 4 is 10.8 Å². The molecule has 106 valence electrons. The van der Waals surface area contributed by atoms with Crippen LogP contribution >= 0.6 is 0 Å². The molecule has 1 N–H and O–H groups in total. The molecule has 1 heterocycles. The molecule has 0 spiro atoms. The average molecular weight is 269 g/mol. The Balaban J connectivity index is 1.70. The molecule has 0 aromatic heterocycles. The molecule has 0 bridgehead atoms. The topological polar surface area (TPSA) is 21.3 Å². The highest BCUT2D eigenvalue weighted by atomic mass is 16.5. The minimum absolute atomic E-state index is 0.183. The first-order valence-electron chi connectivity index (χ1n) is 7.56. The van der Waals surface area contributed by atoms with Gasteiger partial charge in [0.2, 0.25) is 0 Å². The van der Waals surface area contributed by atoms with Crippen molar-refractivity contribution in [3.8, 4) is 0 Å². The molecule has 2 aromatic carbocycles. The standard InChI is InChI=1S/C18H23NO/c1-13(2)9-17-12-20-18(11-19-17)16-8-7-14-5-3-4-6-15(14)10-16/h3-8,10,13,17-19H,9,11-12H2,1-2H3. The lowest BCUT2D eigenvalue weighted by Gasteiger charge is -2.31. The first-order chi connectivity index (χ1) is 9.72. The molecule has 2 aromatic rings. The second kappa shape index (κ2) is 5.94. The highest BCUT2D eigenvalue weighted by Crippen LogP contribution is 2.25. The number of nitrogens with one attached hydrogen (secondary N) is 1. The molecule has 2 heteroatoms. The minimum Gasteiger partial charge on any atom is -0.371 e. The molecule has 1 aliphatic heterocycles. The molecule has 0 amide bonds. The highest BCUT2D eigenvalue weighted by Gasteiger charge is 2.22. The van der Waals surface area contributed by atoms with E-state index in [4.69, 9.17) is 4.74 Å². The lowest BCUT2D eigenvalue weighted by molar-refractivity contribution is -0.00124. The van der Waals surface area contributed by atoms with Gasteiger partial charge in [-0.2, -0.15) is 0 Å². The molecule has 0 radical (unpaired) electrons. The predicted molar refractivity (Wildman–Crippen MR) is 83.9 cm³/mol. The number of hydrogen-bond acceptors (Lipinski definition) is 2. The fourth-order valence-corrected chi connectivity index (χ4v) is 2.97. The zero-order valence-corrected chi connectivity index (χ0v) is 12.3. The molecule has 1 saturated heterocycles. The van der Waals surface area contributed by atoms with Gasteiger partial charge >= 0.3 is 0 Å². The van der Waals surface area contributed by atoms with Gasteiger partial charge in [0.1, 0.15) is 0 Å². The first-order valence-corrected chi connectivity index (χ1v) is 7.56. The van der Waals surface area contributed by atoms with Crippen LogP contribution in [0.4, 0.5) is 0 Å². The third-order valence-electron chi connectivity index (χ3n) is 3.99. The number of hydrogen-bond donors (Lipinski definition) is 1. The Hall–Kier alpha value is -1.38. The Morgan fingerprint density at radius 2 is 1.95 bits per heavy atom. The summed E-state index contributed by atoms with van der Waals surface area (Å²) in [5.41, 5.74) is 1.28. The van der Waals surface area contributed by atoms with E-state index in [0.29, 0.717) is 12.0 Å². The molecule has 0 saturated carbocycles.